The van der Waals surface area contributed by atoms with Gasteiger partial charge in [-0.05, 0) is 38.5 Å². The van der Waals surface area contributed by atoms with Crippen LogP contribution in [-0.4, -0.2) is 26.3 Å². The summed E-state index contributed by atoms with van der Waals surface area (Å²) in [7, 11) is 0. The molecule has 17 heavy (non-hydrogen) atoms. The van der Waals surface area contributed by atoms with Crippen molar-refractivity contribution in [2.75, 3.05) is 11.9 Å². The minimum atomic E-state index is 0.730. The summed E-state index contributed by atoms with van der Waals surface area (Å²) in [6.45, 7) is 7.53. The zero-order valence-electron chi connectivity index (χ0n) is 10.4. The third kappa shape index (κ3) is 2.81. The molecule has 2 heterocycles. The van der Waals surface area contributed by atoms with Gasteiger partial charge in [-0.25, -0.2) is 14.6 Å². The van der Waals surface area contributed by atoms with Crippen molar-refractivity contribution in [3.8, 4) is 0 Å². The Morgan fingerprint density at radius 1 is 1.35 bits per heavy atom. The van der Waals surface area contributed by atoms with Crippen molar-refractivity contribution >= 4 is 5.82 Å². The summed E-state index contributed by atoms with van der Waals surface area (Å²) in [6, 6.07) is 4.04. The van der Waals surface area contributed by atoms with E-state index in [1.165, 1.54) is 5.56 Å². The van der Waals surface area contributed by atoms with Crippen LogP contribution in [0, 0.1) is 13.8 Å². The second-order valence-corrected chi connectivity index (χ2v) is 3.94. The van der Waals surface area contributed by atoms with E-state index >= 15 is 0 Å². The van der Waals surface area contributed by atoms with Crippen LogP contribution in [0.25, 0.3) is 0 Å². The fourth-order valence-corrected chi connectivity index (χ4v) is 1.73. The van der Waals surface area contributed by atoms with Crippen LogP contribution >= 0.6 is 0 Å². The lowest BCUT2D eigenvalue weighted by Crippen LogP contribution is -2.06. The predicted octanol–water partition coefficient (Wildman–Crippen LogP) is 1.77. The molecule has 2 rings (SSSR count). The minimum Gasteiger partial charge on any atom is -0.370 e. The number of pyridine rings is 1. The Hall–Kier alpha value is -1.91. The van der Waals surface area contributed by atoms with Gasteiger partial charge in [-0.3, -0.25) is 0 Å². The van der Waals surface area contributed by atoms with Gasteiger partial charge >= 0.3 is 0 Å². The highest BCUT2D eigenvalue weighted by Gasteiger charge is 2.04. The van der Waals surface area contributed by atoms with Crippen LogP contribution in [0.5, 0.6) is 0 Å². The van der Waals surface area contributed by atoms with Crippen LogP contribution < -0.4 is 5.32 Å². The van der Waals surface area contributed by atoms with Crippen molar-refractivity contribution in [1.82, 2.24) is 19.7 Å². The first-order valence-electron chi connectivity index (χ1n) is 5.76. The number of hydrogen-bond acceptors (Lipinski definition) is 4. The molecule has 0 fully saturated rings. The number of rotatable bonds is 4. The van der Waals surface area contributed by atoms with Crippen LogP contribution in [0.2, 0.25) is 0 Å². The SMILES string of the molecule is CCNc1cc(Cn2nc(C)nc2C)ccn1. The van der Waals surface area contributed by atoms with Gasteiger partial charge in [0.1, 0.15) is 17.5 Å². The van der Waals surface area contributed by atoms with Crippen molar-refractivity contribution < 1.29 is 0 Å². The van der Waals surface area contributed by atoms with E-state index < -0.39 is 0 Å². The molecule has 0 atom stereocenters. The Bertz CT molecular complexity index is 503. The summed E-state index contributed by atoms with van der Waals surface area (Å²) in [5.41, 5.74) is 1.17. The third-order valence-electron chi connectivity index (χ3n) is 2.48. The molecule has 5 heteroatoms. The van der Waals surface area contributed by atoms with Crippen LogP contribution in [0.4, 0.5) is 5.82 Å². The summed E-state index contributed by atoms with van der Waals surface area (Å²) in [5, 5.41) is 7.54. The Kier molecular flexibility index (Phi) is 3.37. The molecule has 0 aliphatic heterocycles. The number of aromatic nitrogens is 4. The second-order valence-electron chi connectivity index (χ2n) is 3.94. The molecule has 1 N–H and O–H groups in total. The van der Waals surface area contributed by atoms with E-state index in [0.29, 0.717) is 0 Å². The molecule has 5 nitrogen and oxygen atoms in total. The maximum Gasteiger partial charge on any atom is 0.147 e. The van der Waals surface area contributed by atoms with Gasteiger partial charge in [-0.1, -0.05) is 0 Å². The lowest BCUT2D eigenvalue weighted by Gasteiger charge is -2.06. The van der Waals surface area contributed by atoms with Crippen molar-refractivity contribution in [2.45, 2.75) is 27.3 Å². The van der Waals surface area contributed by atoms with Crippen molar-refractivity contribution in [3.05, 3.63) is 35.5 Å². The van der Waals surface area contributed by atoms with Crippen LogP contribution in [0.15, 0.2) is 18.3 Å². The van der Waals surface area contributed by atoms with E-state index in [9.17, 15) is 0 Å². The normalized spacial score (nSPS) is 10.5. The van der Waals surface area contributed by atoms with E-state index in [2.05, 4.69) is 27.3 Å². The van der Waals surface area contributed by atoms with E-state index in [4.69, 9.17) is 0 Å². The first-order chi connectivity index (χ1) is 8.19. The largest absolute Gasteiger partial charge is 0.370 e. The van der Waals surface area contributed by atoms with Gasteiger partial charge in [0.05, 0.1) is 6.54 Å². The van der Waals surface area contributed by atoms with E-state index in [1.54, 1.807) is 0 Å². The molecule has 0 saturated heterocycles. The molecular weight excluding hydrogens is 214 g/mol. The first-order valence-corrected chi connectivity index (χ1v) is 5.76. The molecule has 0 bridgehead atoms. The molecule has 0 unspecified atom stereocenters. The lowest BCUT2D eigenvalue weighted by molar-refractivity contribution is 0.656. The maximum atomic E-state index is 4.35. The average Bonchev–Trinajstić information content (AvgIpc) is 2.58. The van der Waals surface area contributed by atoms with E-state index in [1.807, 2.05) is 36.9 Å². The Labute approximate surface area is 101 Å². The van der Waals surface area contributed by atoms with Gasteiger partial charge in [0, 0.05) is 12.7 Å². The number of anilines is 1. The Morgan fingerprint density at radius 3 is 2.82 bits per heavy atom. The highest BCUT2D eigenvalue weighted by atomic mass is 15.3. The van der Waals surface area contributed by atoms with Crippen LogP contribution in [-0.2, 0) is 6.54 Å². The molecule has 90 valence electrons. The maximum absolute atomic E-state index is 4.35. The van der Waals surface area contributed by atoms with Crippen molar-refractivity contribution in [2.24, 2.45) is 0 Å². The molecule has 2 aromatic rings. The van der Waals surface area contributed by atoms with Gasteiger partial charge in [-0.15, -0.1) is 0 Å². The molecule has 0 aliphatic rings. The van der Waals surface area contributed by atoms with Crippen molar-refractivity contribution in [1.29, 1.82) is 0 Å². The molecule has 0 saturated carbocycles. The van der Waals surface area contributed by atoms with Crippen molar-refractivity contribution in [3.63, 3.8) is 0 Å². The lowest BCUT2D eigenvalue weighted by atomic mass is 10.2. The van der Waals surface area contributed by atoms with E-state index in [-0.39, 0.29) is 0 Å². The molecule has 2 aromatic heterocycles. The van der Waals surface area contributed by atoms with E-state index in [0.717, 1.165) is 30.6 Å². The molecule has 0 spiro atoms. The average molecular weight is 231 g/mol. The monoisotopic (exact) mass is 231 g/mol. The summed E-state index contributed by atoms with van der Waals surface area (Å²) in [5.74, 6) is 2.65. The summed E-state index contributed by atoms with van der Waals surface area (Å²) < 4.78 is 1.90. The molecule has 0 aliphatic carbocycles. The standard InChI is InChI=1S/C12H17N5/c1-4-13-12-7-11(5-6-14-12)8-17-10(3)15-9(2)16-17/h5-7H,4,8H2,1-3H3,(H,13,14). The fourth-order valence-electron chi connectivity index (χ4n) is 1.73. The summed E-state index contributed by atoms with van der Waals surface area (Å²) >= 11 is 0. The van der Waals surface area contributed by atoms with Crippen LogP contribution in [0.1, 0.15) is 24.1 Å². The van der Waals surface area contributed by atoms with Gasteiger partial charge < -0.3 is 5.32 Å². The highest BCUT2D eigenvalue weighted by molar-refractivity contribution is 5.37. The number of aryl methyl sites for hydroxylation is 2. The molecule has 0 aromatic carbocycles. The quantitative estimate of drug-likeness (QED) is 0.871. The molecular formula is C12H17N5. The number of nitrogens with zero attached hydrogens (tertiary/aromatic N) is 4. The zero-order chi connectivity index (χ0) is 12.3. The van der Waals surface area contributed by atoms with Gasteiger partial charge in [0.15, 0.2) is 0 Å². The first kappa shape index (κ1) is 11.6. The molecule has 0 amide bonds. The third-order valence-corrected chi connectivity index (χ3v) is 2.48. The molecule has 0 radical (unpaired) electrons. The zero-order valence-corrected chi connectivity index (χ0v) is 10.4. The predicted molar refractivity (Wildman–Crippen MR) is 67.0 cm³/mol. The minimum absolute atomic E-state index is 0.730. The summed E-state index contributed by atoms with van der Waals surface area (Å²) in [6.07, 6.45) is 1.81. The topological polar surface area (TPSA) is 55.6 Å². The van der Waals surface area contributed by atoms with Gasteiger partial charge in [0.25, 0.3) is 0 Å². The fraction of sp³-hybridized carbons (Fsp3) is 0.417. The number of hydrogen-bond donors (Lipinski definition) is 1. The summed E-state index contributed by atoms with van der Waals surface area (Å²) in [4.78, 5) is 8.53. The Balaban J connectivity index is 2.18. The number of nitrogens with one attached hydrogen (secondary N) is 1. The second kappa shape index (κ2) is 4.95. The smallest absolute Gasteiger partial charge is 0.147 e. The van der Waals surface area contributed by atoms with Gasteiger partial charge in [-0.2, -0.15) is 5.10 Å². The van der Waals surface area contributed by atoms with Crippen LogP contribution in [0.3, 0.4) is 0 Å². The highest BCUT2D eigenvalue weighted by Crippen LogP contribution is 2.09. The Morgan fingerprint density at radius 2 is 2.18 bits per heavy atom. The van der Waals surface area contributed by atoms with Gasteiger partial charge in [0.2, 0.25) is 0 Å².